The summed E-state index contributed by atoms with van der Waals surface area (Å²) >= 11 is 7.31. The summed E-state index contributed by atoms with van der Waals surface area (Å²) in [6.45, 7) is 0. The maximum atomic E-state index is 12.2. The van der Waals surface area contributed by atoms with Crippen LogP contribution < -0.4 is 0 Å². The lowest BCUT2D eigenvalue weighted by atomic mass is 10.1. The first-order valence-electron chi connectivity index (χ1n) is 5.67. The molecule has 0 spiro atoms. The summed E-state index contributed by atoms with van der Waals surface area (Å²) in [6, 6.07) is 12.2. The molecule has 2 nitrogen and oxygen atoms in total. The summed E-state index contributed by atoms with van der Waals surface area (Å²) < 4.78 is 0. The van der Waals surface area contributed by atoms with Crippen LogP contribution in [0.4, 0.5) is 0 Å². The molecule has 0 amide bonds. The molecule has 3 rings (SSSR count). The number of ketones is 1. The van der Waals surface area contributed by atoms with Crippen LogP contribution in [0.15, 0.2) is 52.3 Å². The van der Waals surface area contributed by atoms with Crippen molar-refractivity contribution in [2.45, 2.75) is 4.90 Å². The molecule has 94 valence electrons. The number of carbonyl (C=O) groups is 1. The number of hydrogen-bond donors (Lipinski definition) is 1. The molecular weight excluding hydrogens is 280 g/mol. The van der Waals surface area contributed by atoms with Gasteiger partial charge in [0.15, 0.2) is 0 Å². The van der Waals surface area contributed by atoms with E-state index in [1.54, 1.807) is 18.2 Å². The van der Waals surface area contributed by atoms with Crippen molar-refractivity contribution in [1.29, 1.82) is 0 Å². The van der Waals surface area contributed by atoms with Gasteiger partial charge in [-0.2, -0.15) is 0 Å². The highest BCUT2D eigenvalue weighted by Gasteiger charge is 2.25. The van der Waals surface area contributed by atoms with Gasteiger partial charge < -0.3 is 5.11 Å². The minimum absolute atomic E-state index is 0.0139. The highest BCUT2D eigenvalue weighted by Crippen LogP contribution is 2.41. The highest BCUT2D eigenvalue weighted by atomic mass is 35.5. The van der Waals surface area contributed by atoms with Gasteiger partial charge in [-0.1, -0.05) is 35.5 Å². The van der Waals surface area contributed by atoms with Gasteiger partial charge in [-0.3, -0.25) is 4.79 Å². The quantitative estimate of drug-likeness (QED) is 0.792. The number of phenols is 1. The molecular formula is C15H9ClO2S. The molecule has 0 bridgehead atoms. The summed E-state index contributed by atoms with van der Waals surface area (Å²) in [7, 11) is 0. The van der Waals surface area contributed by atoms with Crippen LogP contribution in [0.25, 0.3) is 6.08 Å². The first-order chi connectivity index (χ1) is 9.15. The SMILES string of the molecule is O=C1/C(=C/c2cc(Cl)ccc2O)Sc2ccccc21. The Morgan fingerprint density at radius 3 is 2.74 bits per heavy atom. The molecule has 4 heteroatoms. The predicted octanol–water partition coefficient (Wildman–Crippen LogP) is 4.38. The average molecular weight is 289 g/mol. The normalized spacial score (nSPS) is 15.8. The van der Waals surface area contributed by atoms with Crippen molar-refractivity contribution in [1.82, 2.24) is 0 Å². The standard InChI is InChI=1S/C15H9ClO2S/c16-10-5-6-12(17)9(7-10)8-14-15(18)11-3-1-2-4-13(11)19-14/h1-8,17H/b14-8-. The fourth-order valence-corrected chi connectivity index (χ4v) is 3.14. The van der Waals surface area contributed by atoms with E-state index in [-0.39, 0.29) is 11.5 Å². The van der Waals surface area contributed by atoms with E-state index in [2.05, 4.69) is 0 Å². The zero-order chi connectivity index (χ0) is 13.4. The Balaban J connectivity index is 2.03. The smallest absolute Gasteiger partial charge is 0.200 e. The van der Waals surface area contributed by atoms with E-state index in [1.807, 2.05) is 24.3 Å². The second kappa shape index (κ2) is 4.76. The second-order valence-corrected chi connectivity index (χ2v) is 5.66. The number of halogens is 1. The average Bonchev–Trinajstić information content (AvgIpc) is 2.72. The third kappa shape index (κ3) is 2.27. The molecule has 0 saturated carbocycles. The maximum absolute atomic E-state index is 12.2. The summed E-state index contributed by atoms with van der Waals surface area (Å²) in [5.41, 5.74) is 1.26. The number of allylic oxidation sites excluding steroid dienone is 1. The Morgan fingerprint density at radius 1 is 1.16 bits per heavy atom. The largest absolute Gasteiger partial charge is 0.507 e. The minimum Gasteiger partial charge on any atom is -0.507 e. The zero-order valence-corrected chi connectivity index (χ0v) is 11.3. The highest BCUT2D eigenvalue weighted by molar-refractivity contribution is 8.04. The van der Waals surface area contributed by atoms with Crippen LogP contribution in [0.3, 0.4) is 0 Å². The molecule has 0 aliphatic carbocycles. The van der Waals surface area contributed by atoms with Crippen LogP contribution in [0, 0.1) is 0 Å². The first kappa shape index (κ1) is 12.3. The Hall–Kier alpha value is -1.71. The Morgan fingerprint density at radius 2 is 1.95 bits per heavy atom. The molecule has 1 aliphatic rings. The summed E-state index contributed by atoms with van der Waals surface area (Å²) in [6.07, 6.45) is 1.67. The van der Waals surface area contributed by atoms with Crippen molar-refractivity contribution < 1.29 is 9.90 Å². The Labute approximate surface area is 119 Å². The third-order valence-electron chi connectivity index (χ3n) is 2.85. The van der Waals surface area contributed by atoms with Gasteiger partial charge in [0, 0.05) is 21.0 Å². The van der Waals surface area contributed by atoms with Gasteiger partial charge in [0.25, 0.3) is 0 Å². The lowest BCUT2D eigenvalue weighted by Gasteiger charge is -2.01. The monoisotopic (exact) mass is 288 g/mol. The summed E-state index contributed by atoms with van der Waals surface area (Å²) in [5, 5.41) is 10.3. The van der Waals surface area contributed by atoms with E-state index in [9.17, 15) is 9.90 Å². The number of carbonyl (C=O) groups excluding carboxylic acids is 1. The van der Waals surface area contributed by atoms with Crippen molar-refractivity contribution in [2.75, 3.05) is 0 Å². The molecule has 0 atom stereocenters. The van der Waals surface area contributed by atoms with Crippen molar-refractivity contribution in [2.24, 2.45) is 0 Å². The van der Waals surface area contributed by atoms with E-state index in [0.29, 0.717) is 21.1 Å². The number of benzene rings is 2. The number of rotatable bonds is 1. The van der Waals surface area contributed by atoms with Gasteiger partial charge in [0.05, 0.1) is 4.91 Å². The van der Waals surface area contributed by atoms with Crippen molar-refractivity contribution in [3.8, 4) is 5.75 Å². The number of Topliss-reactive ketones (excluding diaryl/α,β-unsaturated/α-hetero) is 1. The minimum atomic E-state index is -0.0139. The first-order valence-corrected chi connectivity index (χ1v) is 6.86. The fraction of sp³-hybridized carbons (Fsp3) is 0. The molecule has 0 saturated heterocycles. The number of thioether (sulfide) groups is 1. The lowest BCUT2D eigenvalue weighted by molar-refractivity contribution is 0.104. The molecule has 1 aliphatic heterocycles. The number of fused-ring (bicyclic) bond motifs is 1. The number of aromatic hydroxyl groups is 1. The summed E-state index contributed by atoms with van der Waals surface area (Å²) in [4.78, 5) is 13.7. The Kier molecular flexibility index (Phi) is 3.09. The van der Waals surface area contributed by atoms with Crippen LogP contribution in [0.2, 0.25) is 5.02 Å². The van der Waals surface area contributed by atoms with Gasteiger partial charge in [0.1, 0.15) is 5.75 Å². The van der Waals surface area contributed by atoms with E-state index in [0.717, 1.165) is 4.90 Å². The van der Waals surface area contributed by atoms with Gasteiger partial charge in [-0.05, 0) is 36.4 Å². The zero-order valence-electron chi connectivity index (χ0n) is 9.76. The van der Waals surface area contributed by atoms with Crippen molar-refractivity contribution in [3.05, 3.63) is 63.5 Å². The van der Waals surface area contributed by atoms with Crippen molar-refractivity contribution >= 4 is 35.2 Å². The predicted molar refractivity (Wildman–Crippen MR) is 77.7 cm³/mol. The van der Waals surface area contributed by atoms with Crippen LogP contribution in [0.1, 0.15) is 15.9 Å². The van der Waals surface area contributed by atoms with Gasteiger partial charge in [-0.15, -0.1) is 0 Å². The van der Waals surface area contributed by atoms with Crippen LogP contribution >= 0.6 is 23.4 Å². The van der Waals surface area contributed by atoms with E-state index < -0.39 is 0 Å². The molecule has 0 aromatic heterocycles. The number of phenolic OH excluding ortho intramolecular Hbond substituents is 1. The lowest BCUT2D eigenvalue weighted by Crippen LogP contribution is -1.93. The summed E-state index contributed by atoms with van der Waals surface area (Å²) in [5.74, 6) is 0.0984. The van der Waals surface area contributed by atoms with Crippen molar-refractivity contribution in [3.63, 3.8) is 0 Å². The molecule has 1 heterocycles. The molecule has 0 radical (unpaired) electrons. The number of hydrogen-bond acceptors (Lipinski definition) is 3. The molecule has 1 N–H and O–H groups in total. The topological polar surface area (TPSA) is 37.3 Å². The fourth-order valence-electron chi connectivity index (χ4n) is 1.92. The maximum Gasteiger partial charge on any atom is 0.200 e. The second-order valence-electron chi connectivity index (χ2n) is 4.14. The molecule has 2 aromatic carbocycles. The van der Waals surface area contributed by atoms with Gasteiger partial charge in [-0.25, -0.2) is 0 Å². The van der Waals surface area contributed by atoms with Crippen LogP contribution in [-0.4, -0.2) is 10.9 Å². The van der Waals surface area contributed by atoms with E-state index in [4.69, 9.17) is 11.6 Å². The van der Waals surface area contributed by atoms with Crippen LogP contribution in [0.5, 0.6) is 5.75 Å². The van der Waals surface area contributed by atoms with E-state index >= 15 is 0 Å². The third-order valence-corrected chi connectivity index (χ3v) is 4.19. The van der Waals surface area contributed by atoms with E-state index in [1.165, 1.54) is 17.8 Å². The molecule has 2 aromatic rings. The van der Waals surface area contributed by atoms with Gasteiger partial charge >= 0.3 is 0 Å². The van der Waals surface area contributed by atoms with Gasteiger partial charge in [0.2, 0.25) is 5.78 Å². The molecule has 0 fully saturated rings. The molecule has 19 heavy (non-hydrogen) atoms. The van der Waals surface area contributed by atoms with Crippen LogP contribution in [-0.2, 0) is 0 Å². The molecule has 0 unspecified atom stereocenters. The Bertz CT molecular complexity index is 707.